The molecule has 1 saturated heterocycles. The first-order valence-electron chi connectivity index (χ1n) is 6.15. The van der Waals surface area contributed by atoms with Crippen molar-refractivity contribution in [1.82, 2.24) is 4.90 Å². The summed E-state index contributed by atoms with van der Waals surface area (Å²) in [5, 5.41) is 0. The average Bonchev–Trinajstić information content (AvgIpc) is 2.16. The summed E-state index contributed by atoms with van der Waals surface area (Å²) in [5.74, 6) is 0. The van der Waals surface area contributed by atoms with Crippen LogP contribution in [0.2, 0.25) is 0 Å². The van der Waals surface area contributed by atoms with Crippen molar-refractivity contribution in [2.45, 2.75) is 58.3 Å². The fraction of sp³-hybridized carbons (Fsp3) is 1.00. The highest BCUT2D eigenvalue weighted by molar-refractivity contribution is 4.87. The topological polar surface area (TPSA) is 38.5 Å². The van der Waals surface area contributed by atoms with Gasteiger partial charge >= 0.3 is 0 Å². The summed E-state index contributed by atoms with van der Waals surface area (Å²) in [4.78, 5) is 2.45. The molecule has 3 nitrogen and oxygen atoms in total. The van der Waals surface area contributed by atoms with Gasteiger partial charge in [0.25, 0.3) is 0 Å². The van der Waals surface area contributed by atoms with Crippen LogP contribution in [0.5, 0.6) is 0 Å². The highest BCUT2D eigenvalue weighted by Crippen LogP contribution is 2.17. The Morgan fingerprint density at radius 1 is 1.20 bits per heavy atom. The largest absolute Gasteiger partial charge is 0.373 e. The van der Waals surface area contributed by atoms with Gasteiger partial charge in [-0.2, -0.15) is 0 Å². The van der Waals surface area contributed by atoms with Crippen molar-refractivity contribution < 1.29 is 4.74 Å². The molecule has 2 atom stereocenters. The van der Waals surface area contributed by atoms with Crippen LogP contribution in [0, 0.1) is 0 Å². The molecular formula is C12H26N2O. The van der Waals surface area contributed by atoms with E-state index >= 15 is 0 Å². The zero-order valence-corrected chi connectivity index (χ0v) is 10.6. The number of rotatable bonds is 4. The first-order chi connectivity index (χ1) is 6.99. The normalized spacial score (nSPS) is 29.4. The van der Waals surface area contributed by atoms with Crippen molar-refractivity contribution in [1.29, 1.82) is 0 Å². The lowest BCUT2D eigenvalue weighted by Gasteiger charge is -2.40. The SMILES string of the molecule is CCC(N)(CC)CN1CC(C)OC(C)C1. The Morgan fingerprint density at radius 2 is 1.67 bits per heavy atom. The lowest BCUT2D eigenvalue weighted by atomic mass is 9.93. The van der Waals surface area contributed by atoms with Crippen LogP contribution in [0.25, 0.3) is 0 Å². The average molecular weight is 214 g/mol. The van der Waals surface area contributed by atoms with Crippen LogP contribution in [0.3, 0.4) is 0 Å². The minimum absolute atomic E-state index is 0.0171. The number of hydrogen-bond donors (Lipinski definition) is 1. The molecule has 0 aliphatic carbocycles. The third-order valence-electron chi connectivity index (χ3n) is 3.44. The second kappa shape index (κ2) is 5.28. The molecule has 90 valence electrons. The minimum atomic E-state index is -0.0171. The first kappa shape index (κ1) is 12.9. The second-order valence-corrected chi connectivity index (χ2v) is 5.02. The highest BCUT2D eigenvalue weighted by atomic mass is 16.5. The standard InChI is InChI=1S/C12H26N2O/c1-5-12(13,6-2)9-14-7-10(3)15-11(4)8-14/h10-11H,5-9,13H2,1-4H3. The quantitative estimate of drug-likeness (QED) is 0.773. The molecule has 2 unspecified atom stereocenters. The van der Waals surface area contributed by atoms with Gasteiger partial charge in [-0.25, -0.2) is 0 Å². The van der Waals surface area contributed by atoms with E-state index in [1.165, 1.54) is 0 Å². The number of nitrogens with two attached hydrogens (primary N) is 1. The van der Waals surface area contributed by atoms with Gasteiger partial charge < -0.3 is 10.5 Å². The Hall–Kier alpha value is -0.120. The number of nitrogens with zero attached hydrogens (tertiary/aromatic N) is 1. The van der Waals surface area contributed by atoms with E-state index in [-0.39, 0.29) is 5.54 Å². The van der Waals surface area contributed by atoms with E-state index in [4.69, 9.17) is 10.5 Å². The van der Waals surface area contributed by atoms with Gasteiger partial charge in [-0.05, 0) is 26.7 Å². The van der Waals surface area contributed by atoms with E-state index in [0.717, 1.165) is 32.5 Å². The molecule has 0 radical (unpaired) electrons. The van der Waals surface area contributed by atoms with E-state index in [0.29, 0.717) is 12.2 Å². The Morgan fingerprint density at radius 3 is 2.07 bits per heavy atom. The molecule has 1 aliphatic rings. The summed E-state index contributed by atoms with van der Waals surface area (Å²) in [5.41, 5.74) is 6.32. The summed E-state index contributed by atoms with van der Waals surface area (Å²) in [6.45, 7) is 11.7. The maximum Gasteiger partial charge on any atom is 0.0678 e. The predicted octanol–water partition coefficient (Wildman–Crippen LogP) is 1.61. The van der Waals surface area contributed by atoms with E-state index in [1.54, 1.807) is 0 Å². The smallest absolute Gasteiger partial charge is 0.0678 e. The van der Waals surface area contributed by atoms with Crippen LogP contribution in [-0.4, -0.2) is 42.3 Å². The summed E-state index contributed by atoms with van der Waals surface area (Å²) in [7, 11) is 0. The van der Waals surface area contributed by atoms with Gasteiger partial charge in [0.2, 0.25) is 0 Å². The third kappa shape index (κ3) is 3.74. The summed E-state index contributed by atoms with van der Waals surface area (Å²) < 4.78 is 5.72. The van der Waals surface area contributed by atoms with Gasteiger partial charge in [0, 0.05) is 25.2 Å². The third-order valence-corrected chi connectivity index (χ3v) is 3.44. The minimum Gasteiger partial charge on any atom is -0.373 e. The molecule has 1 rings (SSSR count). The van der Waals surface area contributed by atoms with Gasteiger partial charge in [-0.15, -0.1) is 0 Å². The molecule has 0 amide bonds. The molecule has 1 heterocycles. The van der Waals surface area contributed by atoms with Crippen molar-refractivity contribution in [3.05, 3.63) is 0 Å². The summed E-state index contributed by atoms with van der Waals surface area (Å²) in [6.07, 6.45) is 2.77. The molecule has 15 heavy (non-hydrogen) atoms. The molecule has 3 heteroatoms. The molecular weight excluding hydrogens is 188 g/mol. The molecule has 1 aliphatic heterocycles. The van der Waals surface area contributed by atoms with Gasteiger partial charge in [0.1, 0.15) is 0 Å². The van der Waals surface area contributed by atoms with Crippen LogP contribution in [-0.2, 0) is 4.74 Å². The van der Waals surface area contributed by atoms with Crippen LogP contribution >= 0.6 is 0 Å². The highest BCUT2D eigenvalue weighted by Gasteiger charge is 2.28. The van der Waals surface area contributed by atoms with E-state index in [9.17, 15) is 0 Å². The molecule has 1 fully saturated rings. The molecule has 0 bridgehead atoms. The Balaban J connectivity index is 2.49. The molecule has 2 N–H and O–H groups in total. The maximum absolute atomic E-state index is 6.34. The van der Waals surface area contributed by atoms with Crippen LogP contribution in [0.15, 0.2) is 0 Å². The molecule has 0 aromatic carbocycles. The molecule has 0 aromatic heterocycles. The maximum atomic E-state index is 6.34. The summed E-state index contributed by atoms with van der Waals surface area (Å²) >= 11 is 0. The van der Waals surface area contributed by atoms with Gasteiger partial charge in [-0.1, -0.05) is 13.8 Å². The zero-order chi connectivity index (χ0) is 11.5. The van der Waals surface area contributed by atoms with Crippen molar-refractivity contribution in [2.75, 3.05) is 19.6 Å². The van der Waals surface area contributed by atoms with Crippen LogP contribution in [0.4, 0.5) is 0 Å². The lowest BCUT2D eigenvalue weighted by Crippen LogP contribution is -2.55. The van der Waals surface area contributed by atoms with Gasteiger partial charge in [-0.3, -0.25) is 4.90 Å². The molecule has 0 spiro atoms. The van der Waals surface area contributed by atoms with Crippen molar-refractivity contribution >= 4 is 0 Å². The molecule has 0 aromatic rings. The monoisotopic (exact) mass is 214 g/mol. The predicted molar refractivity (Wildman–Crippen MR) is 63.9 cm³/mol. The summed E-state index contributed by atoms with van der Waals surface area (Å²) in [6, 6.07) is 0. The van der Waals surface area contributed by atoms with Crippen molar-refractivity contribution in [3.8, 4) is 0 Å². The lowest BCUT2D eigenvalue weighted by molar-refractivity contribution is -0.0730. The second-order valence-electron chi connectivity index (χ2n) is 5.02. The van der Waals surface area contributed by atoms with Gasteiger partial charge in [0.15, 0.2) is 0 Å². The van der Waals surface area contributed by atoms with Crippen LogP contribution in [0.1, 0.15) is 40.5 Å². The number of ether oxygens (including phenoxy) is 1. The van der Waals surface area contributed by atoms with E-state index < -0.39 is 0 Å². The van der Waals surface area contributed by atoms with Crippen LogP contribution < -0.4 is 5.73 Å². The van der Waals surface area contributed by atoms with E-state index in [1.807, 2.05) is 0 Å². The van der Waals surface area contributed by atoms with Gasteiger partial charge in [0.05, 0.1) is 12.2 Å². The van der Waals surface area contributed by atoms with E-state index in [2.05, 4.69) is 32.6 Å². The first-order valence-corrected chi connectivity index (χ1v) is 6.15. The van der Waals surface area contributed by atoms with Crippen molar-refractivity contribution in [3.63, 3.8) is 0 Å². The van der Waals surface area contributed by atoms with Crippen molar-refractivity contribution in [2.24, 2.45) is 5.73 Å². The Bertz CT molecular complexity index is 182. The fourth-order valence-electron chi connectivity index (χ4n) is 2.33. The fourth-order valence-corrected chi connectivity index (χ4v) is 2.33. The number of morpholine rings is 1. The number of hydrogen-bond acceptors (Lipinski definition) is 3. The molecule has 0 saturated carbocycles. The Kier molecular flexibility index (Phi) is 4.56. The Labute approximate surface area is 94.0 Å². The zero-order valence-electron chi connectivity index (χ0n) is 10.6.